The van der Waals surface area contributed by atoms with Gasteiger partial charge in [0, 0.05) is 23.4 Å². The summed E-state index contributed by atoms with van der Waals surface area (Å²) in [6, 6.07) is 7.89. The fourth-order valence-electron chi connectivity index (χ4n) is 2.63. The quantitative estimate of drug-likeness (QED) is 0.855. The molecule has 0 saturated heterocycles. The van der Waals surface area contributed by atoms with Crippen LogP contribution < -0.4 is 11.1 Å². The third kappa shape index (κ3) is 3.69. The van der Waals surface area contributed by atoms with Gasteiger partial charge in [-0.3, -0.25) is 4.79 Å². The molecule has 0 bridgehead atoms. The van der Waals surface area contributed by atoms with E-state index in [9.17, 15) is 4.79 Å². The molecule has 22 heavy (non-hydrogen) atoms. The lowest BCUT2D eigenvalue weighted by molar-refractivity contribution is -0.122. The predicted molar refractivity (Wildman–Crippen MR) is 89.6 cm³/mol. The van der Waals surface area contributed by atoms with Gasteiger partial charge in [0.25, 0.3) is 0 Å². The Kier molecular flexibility index (Phi) is 5.24. The molecule has 1 amide bonds. The fourth-order valence-corrected chi connectivity index (χ4v) is 2.63. The van der Waals surface area contributed by atoms with Gasteiger partial charge in [-0.25, -0.2) is 0 Å². The molecule has 0 saturated carbocycles. The first kappa shape index (κ1) is 16.6. The van der Waals surface area contributed by atoms with Crippen LogP contribution in [0.2, 0.25) is 0 Å². The van der Waals surface area contributed by atoms with Crippen molar-refractivity contribution in [3.63, 3.8) is 0 Å². The van der Waals surface area contributed by atoms with Crippen LogP contribution in [0, 0.1) is 12.8 Å². The van der Waals surface area contributed by atoms with Gasteiger partial charge < -0.3 is 15.5 Å². The molecule has 0 aliphatic rings. The molecular weight excluding hydrogens is 276 g/mol. The molecule has 1 aromatic heterocycles. The number of benzene rings is 1. The minimum Gasteiger partial charge on any atom is -0.459 e. The normalized spacial score (nSPS) is 14.3. The van der Waals surface area contributed by atoms with Crippen molar-refractivity contribution in [3.8, 4) is 0 Å². The van der Waals surface area contributed by atoms with Crippen LogP contribution in [-0.4, -0.2) is 11.9 Å². The molecule has 120 valence electrons. The molecule has 1 aromatic carbocycles. The number of aryl methyl sites for hydroxylation is 1. The maximum atomic E-state index is 12.2. The summed E-state index contributed by atoms with van der Waals surface area (Å²) < 4.78 is 6.01. The first-order chi connectivity index (χ1) is 10.4. The van der Waals surface area contributed by atoms with Gasteiger partial charge in [0.2, 0.25) is 5.91 Å². The molecule has 0 aliphatic heterocycles. The zero-order valence-corrected chi connectivity index (χ0v) is 13.8. The number of nitrogens with one attached hydrogen (secondary N) is 1. The van der Waals surface area contributed by atoms with Crippen molar-refractivity contribution in [2.24, 2.45) is 11.7 Å². The molecule has 0 fully saturated rings. The Balaban J connectivity index is 2.23. The Morgan fingerprint density at radius 1 is 1.27 bits per heavy atom. The monoisotopic (exact) mass is 302 g/mol. The third-order valence-electron chi connectivity index (χ3n) is 3.97. The highest BCUT2D eigenvalue weighted by Gasteiger charge is 2.24. The SMILES string of the molecule is Cc1c(C(NC(=O)CCC(C)N)C(C)C)oc2ccccc12. The molecule has 3 N–H and O–H groups in total. The molecule has 0 aliphatic carbocycles. The first-order valence-corrected chi connectivity index (χ1v) is 7.93. The number of furan rings is 1. The number of hydrogen-bond donors (Lipinski definition) is 2. The zero-order chi connectivity index (χ0) is 16.3. The van der Waals surface area contributed by atoms with Crippen LogP contribution >= 0.6 is 0 Å². The largest absolute Gasteiger partial charge is 0.459 e. The van der Waals surface area contributed by atoms with Gasteiger partial charge in [-0.05, 0) is 32.3 Å². The Hall–Kier alpha value is -1.81. The standard InChI is InChI=1S/C18H26N2O2/c1-11(2)17(20-16(21)10-9-12(3)19)18-13(4)14-7-5-6-8-15(14)22-18/h5-8,11-12,17H,9-10,19H2,1-4H3,(H,20,21). The topological polar surface area (TPSA) is 68.3 Å². The second-order valence-electron chi connectivity index (χ2n) is 6.39. The van der Waals surface area contributed by atoms with Crippen LogP contribution in [0.25, 0.3) is 11.0 Å². The van der Waals surface area contributed by atoms with Crippen LogP contribution in [0.4, 0.5) is 0 Å². The van der Waals surface area contributed by atoms with E-state index >= 15 is 0 Å². The minimum absolute atomic E-state index is 0.0239. The average molecular weight is 302 g/mol. The number of carbonyl (C=O) groups is 1. The molecule has 2 rings (SSSR count). The Morgan fingerprint density at radius 2 is 1.95 bits per heavy atom. The highest BCUT2D eigenvalue weighted by atomic mass is 16.3. The molecule has 4 nitrogen and oxygen atoms in total. The van der Waals surface area contributed by atoms with Gasteiger partial charge in [-0.1, -0.05) is 32.0 Å². The average Bonchev–Trinajstić information content (AvgIpc) is 2.80. The van der Waals surface area contributed by atoms with Gasteiger partial charge in [-0.15, -0.1) is 0 Å². The van der Waals surface area contributed by atoms with E-state index in [0.29, 0.717) is 12.8 Å². The summed E-state index contributed by atoms with van der Waals surface area (Å²) in [6.07, 6.45) is 1.13. The van der Waals surface area contributed by atoms with Crippen molar-refractivity contribution in [2.45, 2.75) is 52.6 Å². The van der Waals surface area contributed by atoms with E-state index in [2.05, 4.69) is 19.2 Å². The molecule has 2 unspecified atom stereocenters. The lowest BCUT2D eigenvalue weighted by Crippen LogP contribution is -2.32. The molecule has 0 radical (unpaired) electrons. The van der Waals surface area contributed by atoms with E-state index in [0.717, 1.165) is 22.3 Å². The van der Waals surface area contributed by atoms with E-state index in [-0.39, 0.29) is 23.9 Å². The smallest absolute Gasteiger partial charge is 0.220 e. The fraction of sp³-hybridized carbons (Fsp3) is 0.500. The molecule has 4 heteroatoms. The van der Waals surface area contributed by atoms with Crippen LogP contribution in [-0.2, 0) is 4.79 Å². The number of fused-ring (bicyclic) bond motifs is 1. The maximum Gasteiger partial charge on any atom is 0.220 e. The van der Waals surface area contributed by atoms with Gasteiger partial charge >= 0.3 is 0 Å². The van der Waals surface area contributed by atoms with Gasteiger partial charge in [0.15, 0.2) is 0 Å². The molecule has 1 heterocycles. The Bertz CT molecular complexity index is 644. The van der Waals surface area contributed by atoms with E-state index in [1.165, 1.54) is 0 Å². The molecule has 0 spiro atoms. The summed E-state index contributed by atoms with van der Waals surface area (Å²) in [4.78, 5) is 12.2. The lowest BCUT2D eigenvalue weighted by Gasteiger charge is -2.21. The third-order valence-corrected chi connectivity index (χ3v) is 3.97. The summed E-state index contributed by atoms with van der Waals surface area (Å²) in [5.74, 6) is 1.12. The van der Waals surface area contributed by atoms with Crippen LogP contribution in [0.1, 0.15) is 51.0 Å². The molecule has 2 aromatic rings. The number of nitrogens with two attached hydrogens (primary N) is 1. The second kappa shape index (κ2) is 6.97. The summed E-state index contributed by atoms with van der Waals surface area (Å²) in [6.45, 7) is 8.13. The van der Waals surface area contributed by atoms with Crippen molar-refractivity contribution in [3.05, 3.63) is 35.6 Å². The summed E-state index contributed by atoms with van der Waals surface area (Å²) in [5, 5.41) is 4.21. The van der Waals surface area contributed by atoms with Crippen molar-refractivity contribution < 1.29 is 9.21 Å². The number of para-hydroxylation sites is 1. The van der Waals surface area contributed by atoms with Crippen molar-refractivity contribution in [2.75, 3.05) is 0 Å². The van der Waals surface area contributed by atoms with E-state index in [1.807, 2.05) is 38.1 Å². The number of amides is 1. The molecular formula is C18H26N2O2. The van der Waals surface area contributed by atoms with E-state index in [4.69, 9.17) is 10.2 Å². The number of carbonyl (C=O) groups excluding carboxylic acids is 1. The highest BCUT2D eigenvalue weighted by molar-refractivity contribution is 5.82. The summed E-state index contributed by atoms with van der Waals surface area (Å²) in [5.41, 5.74) is 7.68. The van der Waals surface area contributed by atoms with Crippen LogP contribution in [0.5, 0.6) is 0 Å². The van der Waals surface area contributed by atoms with Crippen molar-refractivity contribution in [1.29, 1.82) is 0 Å². The number of rotatable bonds is 6. The predicted octanol–water partition coefficient (Wildman–Crippen LogP) is 3.68. The number of hydrogen-bond acceptors (Lipinski definition) is 3. The highest BCUT2D eigenvalue weighted by Crippen LogP contribution is 2.32. The summed E-state index contributed by atoms with van der Waals surface area (Å²) >= 11 is 0. The molecule has 2 atom stereocenters. The van der Waals surface area contributed by atoms with E-state index in [1.54, 1.807) is 0 Å². The lowest BCUT2D eigenvalue weighted by atomic mass is 9.98. The van der Waals surface area contributed by atoms with E-state index < -0.39 is 0 Å². The van der Waals surface area contributed by atoms with Crippen LogP contribution in [0.15, 0.2) is 28.7 Å². The Labute approximate surface area is 132 Å². The van der Waals surface area contributed by atoms with Gasteiger partial charge in [0.05, 0.1) is 6.04 Å². The first-order valence-electron chi connectivity index (χ1n) is 7.93. The minimum atomic E-state index is -0.118. The van der Waals surface area contributed by atoms with Crippen molar-refractivity contribution in [1.82, 2.24) is 5.32 Å². The zero-order valence-electron chi connectivity index (χ0n) is 13.8. The second-order valence-corrected chi connectivity index (χ2v) is 6.39. The van der Waals surface area contributed by atoms with Gasteiger partial charge in [0.1, 0.15) is 11.3 Å². The van der Waals surface area contributed by atoms with Gasteiger partial charge in [-0.2, -0.15) is 0 Å². The summed E-state index contributed by atoms with van der Waals surface area (Å²) in [7, 11) is 0. The maximum absolute atomic E-state index is 12.2. The van der Waals surface area contributed by atoms with Crippen molar-refractivity contribution >= 4 is 16.9 Å². The van der Waals surface area contributed by atoms with Crippen LogP contribution in [0.3, 0.4) is 0 Å². The Morgan fingerprint density at radius 3 is 2.55 bits per heavy atom.